The second-order valence-corrected chi connectivity index (χ2v) is 9.17. The van der Waals surface area contributed by atoms with Crippen LogP contribution in [0.2, 0.25) is 0 Å². The van der Waals surface area contributed by atoms with E-state index in [2.05, 4.69) is 72.2 Å². The van der Waals surface area contributed by atoms with Crippen LogP contribution in [0.5, 0.6) is 5.75 Å². The molecule has 1 aromatic heterocycles. The molecule has 0 aliphatic carbocycles. The first kappa shape index (κ1) is 24.1. The standard InChI is InChI=1S/C33H29NO3/c1-24-12-21-31(34(24)23-26-13-15-28(16-14-26)27-10-6-3-7-11-27)29-17-19-30(20-18-29)37-32(33(35)36)22-25-8-4-2-5-9-25/h2-21,32H,22-23H2,1H3,(H,35,36)/t32-/m1/s1. The lowest BCUT2D eigenvalue weighted by Gasteiger charge is -2.16. The number of aryl methyl sites for hydroxylation is 1. The highest BCUT2D eigenvalue weighted by atomic mass is 16.5. The number of ether oxygens (including phenoxy) is 1. The van der Waals surface area contributed by atoms with E-state index in [-0.39, 0.29) is 0 Å². The van der Waals surface area contributed by atoms with E-state index in [4.69, 9.17) is 4.74 Å². The molecule has 1 atom stereocenters. The van der Waals surface area contributed by atoms with Crippen LogP contribution in [-0.4, -0.2) is 21.7 Å². The summed E-state index contributed by atoms with van der Waals surface area (Å²) in [5, 5.41) is 9.66. The molecule has 4 aromatic carbocycles. The minimum atomic E-state index is -0.976. The van der Waals surface area contributed by atoms with Crippen molar-refractivity contribution in [2.45, 2.75) is 26.0 Å². The van der Waals surface area contributed by atoms with Crippen molar-refractivity contribution in [1.29, 1.82) is 0 Å². The van der Waals surface area contributed by atoms with Crippen molar-refractivity contribution in [1.82, 2.24) is 4.57 Å². The van der Waals surface area contributed by atoms with Crippen LogP contribution >= 0.6 is 0 Å². The number of carboxylic acid groups (broad SMARTS) is 1. The van der Waals surface area contributed by atoms with Crippen LogP contribution in [0.25, 0.3) is 22.4 Å². The van der Waals surface area contributed by atoms with Gasteiger partial charge in [-0.3, -0.25) is 0 Å². The van der Waals surface area contributed by atoms with E-state index in [1.165, 1.54) is 22.4 Å². The van der Waals surface area contributed by atoms with E-state index in [0.717, 1.165) is 23.4 Å². The van der Waals surface area contributed by atoms with Gasteiger partial charge in [0.2, 0.25) is 0 Å². The molecule has 0 unspecified atom stereocenters. The Labute approximate surface area is 217 Å². The summed E-state index contributed by atoms with van der Waals surface area (Å²) in [7, 11) is 0. The Morgan fingerprint density at radius 2 is 1.30 bits per heavy atom. The second kappa shape index (κ2) is 11.0. The van der Waals surface area contributed by atoms with Gasteiger partial charge in [-0.2, -0.15) is 0 Å². The Kier molecular flexibility index (Phi) is 7.18. The number of benzene rings is 4. The van der Waals surface area contributed by atoms with E-state index >= 15 is 0 Å². The fourth-order valence-electron chi connectivity index (χ4n) is 4.52. The lowest BCUT2D eigenvalue weighted by molar-refractivity contribution is -0.145. The predicted octanol–water partition coefficient (Wildman–Crippen LogP) is 7.25. The third-order valence-corrected chi connectivity index (χ3v) is 6.57. The van der Waals surface area contributed by atoms with Gasteiger partial charge in [-0.1, -0.05) is 84.9 Å². The average Bonchev–Trinajstić information content (AvgIpc) is 3.30. The van der Waals surface area contributed by atoms with Gasteiger partial charge >= 0.3 is 5.97 Å². The van der Waals surface area contributed by atoms with Crippen molar-refractivity contribution in [2.75, 3.05) is 0 Å². The maximum Gasteiger partial charge on any atom is 0.345 e. The Hall–Kier alpha value is -4.57. The van der Waals surface area contributed by atoms with Crippen LogP contribution in [0, 0.1) is 6.92 Å². The second-order valence-electron chi connectivity index (χ2n) is 9.17. The molecule has 1 N–H and O–H groups in total. The molecule has 37 heavy (non-hydrogen) atoms. The van der Waals surface area contributed by atoms with Gasteiger partial charge in [-0.05, 0) is 71.1 Å². The molecule has 0 bridgehead atoms. The van der Waals surface area contributed by atoms with Crippen molar-refractivity contribution >= 4 is 5.97 Å². The van der Waals surface area contributed by atoms with Gasteiger partial charge in [0, 0.05) is 24.4 Å². The number of rotatable bonds is 9. The number of nitrogens with zero attached hydrogens (tertiary/aromatic N) is 1. The largest absolute Gasteiger partial charge is 0.478 e. The quantitative estimate of drug-likeness (QED) is 0.238. The van der Waals surface area contributed by atoms with Gasteiger partial charge in [-0.25, -0.2) is 4.79 Å². The van der Waals surface area contributed by atoms with Gasteiger partial charge in [0.1, 0.15) is 5.75 Å². The predicted molar refractivity (Wildman–Crippen MR) is 148 cm³/mol. The van der Waals surface area contributed by atoms with Crippen LogP contribution in [0.3, 0.4) is 0 Å². The molecule has 5 rings (SSSR count). The normalized spacial score (nSPS) is 11.7. The number of hydrogen-bond donors (Lipinski definition) is 1. The molecular weight excluding hydrogens is 458 g/mol. The highest BCUT2D eigenvalue weighted by Gasteiger charge is 2.20. The van der Waals surface area contributed by atoms with Gasteiger partial charge < -0.3 is 14.4 Å². The maximum atomic E-state index is 11.8. The molecule has 0 spiro atoms. The number of carbonyl (C=O) groups is 1. The summed E-state index contributed by atoms with van der Waals surface area (Å²) < 4.78 is 8.14. The Morgan fingerprint density at radius 1 is 0.703 bits per heavy atom. The summed E-state index contributed by atoms with van der Waals surface area (Å²) in [5.41, 5.74) is 7.91. The highest BCUT2D eigenvalue weighted by Crippen LogP contribution is 2.27. The third kappa shape index (κ3) is 5.81. The summed E-state index contributed by atoms with van der Waals surface area (Å²) in [4.78, 5) is 11.8. The fourth-order valence-corrected chi connectivity index (χ4v) is 4.52. The molecule has 1 heterocycles. The van der Waals surface area contributed by atoms with Crippen molar-refractivity contribution in [3.63, 3.8) is 0 Å². The summed E-state index contributed by atoms with van der Waals surface area (Å²) in [6.45, 7) is 2.88. The minimum absolute atomic E-state index is 0.309. The van der Waals surface area contributed by atoms with E-state index < -0.39 is 12.1 Å². The first-order valence-electron chi connectivity index (χ1n) is 12.4. The first-order valence-corrected chi connectivity index (χ1v) is 12.4. The molecule has 0 aliphatic heterocycles. The summed E-state index contributed by atoms with van der Waals surface area (Å²) in [6.07, 6.45) is -0.638. The smallest absolute Gasteiger partial charge is 0.345 e. The van der Waals surface area contributed by atoms with Crippen LogP contribution < -0.4 is 4.74 Å². The van der Waals surface area contributed by atoms with Crippen LogP contribution in [-0.2, 0) is 17.8 Å². The van der Waals surface area contributed by atoms with Crippen LogP contribution in [0.1, 0.15) is 16.8 Å². The molecule has 4 nitrogen and oxygen atoms in total. The Bertz CT molecular complexity index is 1450. The van der Waals surface area contributed by atoms with E-state index in [1.54, 1.807) is 0 Å². The molecule has 184 valence electrons. The third-order valence-electron chi connectivity index (χ3n) is 6.57. The summed E-state index contributed by atoms with van der Waals surface area (Å²) in [6, 6.07) is 40.5. The van der Waals surface area contributed by atoms with Crippen molar-refractivity contribution in [2.24, 2.45) is 0 Å². The number of aromatic nitrogens is 1. The van der Waals surface area contributed by atoms with Gasteiger partial charge in [0.05, 0.1) is 0 Å². The van der Waals surface area contributed by atoms with Gasteiger partial charge in [0.15, 0.2) is 6.10 Å². The van der Waals surface area contributed by atoms with E-state index in [1.807, 2.05) is 60.7 Å². The minimum Gasteiger partial charge on any atom is -0.478 e. The average molecular weight is 488 g/mol. The zero-order chi connectivity index (χ0) is 25.6. The number of hydrogen-bond acceptors (Lipinski definition) is 2. The molecule has 0 radical (unpaired) electrons. The molecule has 0 amide bonds. The number of aliphatic carboxylic acids is 1. The molecule has 5 aromatic rings. The van der Waals surface area contributed by atoms with Gasteiger partial charge in [0.25, 0.3) is 0 Å². The topological polar surface area (TPSA) is 51.5 Å². The molecule has 0 saturated carbocycles. The molecule has 4 heteroatoms. The molecule has 0 saturated heterocycles. The monoisotopic (exact) mass is 487 g/mol. The molecular formula is C33H29NO3. The Morgan fingerprint density at radius 3 is 1.95 bits per heavy atom. The Balaban J connectivity index is 1.31. The summed E-state index contributed by atoms with van der Waals surface area (Å²) in [5.74, 6) is -0.436. The van der Waals surface area contributed by atoms with Crippen molar-refractivity contribution < 1.29 is 14.6 Å². The lowest BCUT2D eigenvalue weighted by Crippen LogP contribution is -2.29. The van der Waals surface area contributed by atoms with Crippen LogP contribution in [0.4, 0.5) is 0 Å². The maximum absolute atomic E-state index is 11.8. The SMILES string of the molecule is Cc1ccc(-c2ccc(O[C@H](Cc3ccccc3)C(=O)O)cc2)n1Cc1ccc(-c2ccccc2)cc1. The molecule has 0 fully saturated rings. The first-order chi connectivity index (χ1) is 18.1. The van der Waals surface area contributed by atoms with E-state index in [0.29, 0.717) is 12.2 Å². The van der Waals surface area contributed by atoms with Crippen LogP contribution in [0.15, 0.2) is 121 Å². The number of carboxylic acids is 1. The highest BCUT2D eigenvalue weighted by molar-refractivity contribution is 5.73. The van der Waals surface area contributed by atoms with Crippen molar-refractivity contribution in [3.05, 3.63) is 138 Å². The zero-order valence-corrected chi connectivity index (χ0v) is 20.7. The lowest BCUT2D eigenvalue weighted by atomic mass is 10.0. The fraction of sp³-hybridized carbons (Fsp3) is 0.121. The zero-order valence-electron chi connectivity index (χ0n) is 20.7. The van der Waals surface area contributed by atoms with Crippen molar-refractivity contribution in [3.8, 4) is 28.1 Å². The van der Waals surface area contributed by atoms with E-state index in [9.17, 15) is 9.90 Å². The molecule has 0 aliphatic rings. The summed E-state index contributed by atoms with van der Waals surface area (Å²) >= 11 is 0. The van der Waals surface area contributed by atoms with Gasteiger partial charge in [-0.15, -0.1) is 0 Å².